The summed E-state index contributed by atoms with van der Waals surface area (Å²) in [6.07, 6.45) is 6.94. The molecule has 3 rings (SSSR count). The molecule has 1 amide bonds. The molecule has 1 aliphatic rings. The summed E-state index contributed by atoms with van der Waals surface area (Å²) >= 11 is 0. The van der Waals surface area contributed by atoms with Crippen molar-refractivity contribution in [3.05, 3.63) is 35.8 Å². The Balaban J connectivity index is 1.90. The highest BCUT2D eigenvalue weighted by Gasteiger charge is 2.28. The van der Waals surface area contributed by atoms with Crippen LogP contribution in [-0.2, 0) is 17.8 Å². The molecule has 1 atom stereocenters. The second-order valence-electron chi connectivity index (χ2n) is 7.18. The van der Waals surface area contributed by atoms with Gasteiger partial charge in [0.05, 0.1) is 18.3 Å². The zero-order chi connectivity index (χ0) is 19.4. The molecular weight excluding hydrogens is 340 g/mol. The molecule has 0 aromatic carbocycles. The van der Waals surface area contributed by atoms with Gasteiger partial charge >= 0.3 is 0 Å². The minimum Gasteiger partial charge on any atom is -0.362 e. The van der Waals surface area contributed by atoms with E-state index in [-0.39, 0.29) is 5.91 Å². The minimum absolute atomic E-state index is 0.0181. The summed E-state index contributed by atoms with van der Waals surface area (Å²) in [5.74, 6) is 1.59. The Morgan fingerprint density at radius 2 is 2.04 bits per heavy atom. The number of amides is 1. The Labute approximate surface area is 160 Å². The van der Waals surface area contributed by atoms with Gasteiger partial charge in [0.25, 0.3) is 0 Å². The summed E-state index contributed by atoms with van der Waals surface area (Å²) in [6, 6.07) is 3.36. The van der Waals surface area contributed by atoms with E-state index in [1.54, 1.807) is 12.4 Å². The minimum atomic E-state index is -0.429. The smallest absolute Gasteiger partial charge is 0.239 e. The van der Waals surface area contributed by atoms with Crippen molar-refractivity contribution in [2.45, 2.75) is 45.2 Å². The fourth-order valence-electron chi connectivity index (χ4n) is 3.38. The maximum absolute atomic E-state index is 12.7. The Morgan fingerprint density at radius 3 is 2.70 bits per heavy atom. The van der Waals surface area contributed by atoms with Crippen LogP contribution >= 0.6 is 0 Å². The van der Waals surface area contributed by atoms with E-state index in [9.17, 15) is 4.79 Å². The first-order valence-electron chi connectivity index (χ1n) is 9.53. The van der Waals surface area contributed by atoms with Crippen molar-refractivity contribution < 1.29 is 4.79 Å². The average Bonchev–Trinajstić information content (AvgIpc) is 2.70. The first kappa shape index (κ1) is 19.2. The molecule has 144 valence electrons. The average molecular weight is 368 g/mol. The van der Waals surface area contributed by atoms with Crippen LogP contribution in [0.3, 0.4) is 0 Å². The van der Waals surface area contributed by atoms with E-state index in [0.29, 0.717) is 18.9 Å². The second kappa shape index (κ2) is 8.43. The number of nitrogens with zero attached hydrogens (tertiary/aromatic N) is 5. The van der Waals surface area contributed by atoms with Crippen LogP contribution in [0.4, 0.5) is 5.82 Å². The van der Waals surface area contributed by atoms with Gasteiger partial charge in [0.15, 0.2) is 5.82 Å². The maximum atomic E-state index is 12.7. The highest BCUT2D eigenvalue weighted by atomic mass is 16.2. The van der Waals surface area contributed by atoms with Crippen molar-refractivity contribution in [1.29, 1.82) is 0 Å². The van der Waals surface area contributed by atoms with E-state index in [1.807, 2.05) is 36.0 Å². The van der Waals surface area contributed by atoms with Crippen LogP contribution in [0, 0.1) is 0 Å². The number of anilines is 1. The van der Waals surface area contributed by atoms with Crippen molar-refractivity contribution in [2.24, 2.45) is 5.73 Å². The number of carbonyl (C=O) groups excluding carboxylic acids is 1. The molecule has 2 aromatic heterocycles. The Morgan fingerprint density at radius 1 is 1.30 bits per heavy atom. The van der Waals surface area contributed by atoms with Crippen LogP contribution in [0.1, 0.15) is 37.4 Å². The molecule has 7 heteroatoms. The zero-order valence-corrected chi connectivity index (χ0v) is 16.4. The van der Waals surface area contributed by atoms with Crippen molar-refractivity contribution >= 4 is 11.7 Å². The number of pyridine rings is 1. The van der Waals surface area contributed by atoms with E-state index in [1.165, 1.54) is 0 Å². The Kier molecular flexibility index (Phi) is 6.01. The zero-order valence-electron chi connectivity index (χ0n) is 16.4. The monoisotopic (exact) mass is 368 g/mol. The van der Waals surface area contributed by atoms with Crippen LogP contribution in [0.5, 0.6) is 0 Å². The van der Waals surface area contributed by atoms with Gasteiger partial charge in [-0.05, 0) is 25.0 Å². The number of rotatable bonds is 6. The lowest BCUT2D eigenvalue weighted by molar-refractivity contribution is -0.133. The van der Waals surface area contributed by atoms with Gasteiger partial charge < -0.3 is 15.5 Å². The highest BCUT2D eigenvalue weighted by Crippen LogP contribution is 2.28. The first-order valence-corrected chi connectivity index (χ1v) is 9.53. The number of hydrogen-bond donors (Lipinski definition) is 1. The van der Waals surface area contributed by atoms with E-state index < -0.39 is 6.04 Å². The van der Waals surface area contributed by atoms with Gasteiger partial charge in [0.2, 0.25) is 5.91 Å². The first-order chi connectivity index (χ1) is 13.0. The molecule has 2 aromatic rings. The third-order valence-electron chi connectivity index (χ3n) is 4.90. The fourth-order valence-corrected chi connectivity index (χ4v) is 3.38. The third kappa shape index (κ3) is 4.24. The Hall–Kier alpha value is -2.54. The van der Waals surface area contributed by atoms with E-state index >= 15 is 0 Å². The SMILES string of the molecule is CCCCC(N)C(=O)N1CCc2c(nc(-c3ccncc3)nc2N(C)C)C1. The third-order valence-corrected chi connectivity index (χ3v) is 4.90. The van der Waals surface area contributed by atoms with Gasteiger partial charge in [-0.15, -0.1) is 0 Å². The van der Waals surface area contributed by atoms with Gasteiger partial charge in [0.1, 0.15) is 5.82 Å². The number of aromatic nitrogens is 3. The normalized spacial score (nSPS) is 14.6. The molecule has 0 fully saturated rings. The van der Waals surface area contributed by atoms with Gasteiger partial charge in [-0.1, -0.05) is 19.8 Å². The lowest BCUT2D eigenvalue weighted by Crippen LogP contribution is -2.46. The summed E-state index contributed by atoms with van der Waals surface area (Å²) in [7, 11) is 3.97. The fraction of sp³-hybridized carbons (Fsp3) is 0.500. The summed E-state index contributed by atoms with van der Waals surface area (Å²) in [4.78, 5) is 30.2. The molecule has 0 radical (unpaired) electrons. The summed E-state index contributed by atoms with van der Waals surface area (Å²) in [5, 5.41) is 0. The van der Waals surface area contributed by atoms with Crippen molar-refractivity contribution in [2.75, 3.05) is 25.5 Å². The van der Waals surface area contributed by atoms with Gasteiger partial charge in [-0.2, -0.15) is 0 Å². The lowest BCUT2D eigenvalue weighted by Gasteiger charge is -2.32. The number of unbranched alkanes of at least 4 members (excludes halogenated alkanes) is 1. The van der Waals surface area contributed by atoms with Crippen LogP contribution in [0.2, 0.25) is 0 Å². The van der Waals surface area contributed by atoms with Crippen LogP contribution in [0.25, 0.3) is 11.4 Å². The van der Waals surface area contributed by atoms with E-state index in [2.05, 4.69) is 11.9 Å². The molecule has 7 nitrogen and oxygen atoms in total. The summed E-state index contributed by atoms with van der Waals surface area (Å²) < 4.78 is 0. The molecule has 1 unspecified atom stereocenters. The molecule has 1 aliphatic heterocycles. The quantitative estimate of drug-likeness (QED) is 0.839. The lowest BCUT2D eigenvalue weighted by atomic mass is 10.0. The summed E-state index contributed by atoms with van der Waals surface area (Å²) in [5.41, 5.74) is 9.05. The van der Waals surface area contributed by atoms with Gasteiger partial charge in [-0.25, -0.2) is 9.97 Å². The number of nitrogens with two attached hydrogens (primary N) is 1. The maximum Gasteiger partial charge on any atom is 0.239 e. The highest BCUT2D eigenvalue weighted by molar-refractivity contribution is 5.82. The molecule has 0 bridgehead atoms. The van der Waals surface area contributed by atoms with Crippen molar-refractivity contribution in [3.8, 4) is 11.4 Å². The van der Waals surface area contributed by atoms with Crippen LogP contribution in [0.15, 0.2) is 24.5 Å². The standard InChI is InChI=1S/C20H28N6O/c1-4-5-6-16(21)20(27)26-12-9-15-17(13-26)23-18(24-19(15)25(2)3)14-7-10-22-11-8-14/h7-8,10-11,16H,4-6,9,12-13,21H2,1-3H3. The number of carbonyl (C=O) groups is 1. The van der Waals surface area contributed by atoms with Crippen LogP contribution < -0.4 is 10.6 Å². The second-order valence-corrected chi connectivity index (χ2v) is 7.18. The number of fused-ring (bicyclic) bond motifs is 1. The molecule has 2 N–H and O–H groups in total. The molecular formula is C20H28N6O. The predicted molar refractivity (Wildman–Crippen MR) is 106 cm³/mol. The predicted octanol–water partition coefficient (Wildman–Crippen LogP) is 2.01. The van der Waals surface area contributed by atoms with Gasteiger partial charge in [0, 0.05) is 44.2 Å². The summed E-state index contributed by atoms with van der Waals surface area (Å²) in [6.45, 7) is 3.24. The molecule has 0 saturated carbocycles. The molecule has 3 heterocycles. The molecule has 0 aliphatic carbocycles. The van der Waals surface area contributed by atoms with Gasteiger partial charge in [-0.3, -0.25) is 9.78 Å². The topological polar surface area (TPSA) is 88.2 Å². The van der Waals surface area contributed by atoms with Crippen molar-refractivity contribution in [3.63, 3.8) is 0 Å². The van der Waals surface area contributed by atoms with E-state index in [0.717, 1.165) is 48.3 Å². The van der Waals surface area contributed by atoms with Crippen molar-refractivity contribution in [1.82, 2.24) is 19.9 Å². The Bertz CT molecular complexity index is 793. The number of hydrogen-bond acceptors (Lipinski definition) is 6. The van der Waals surface area contributed by atoms with Crippen LogP contribution in [-0.4, -0.2) is 52.4 Å². The largest absolute Gasteiger partial charge is 0.362 e. The van der Waals surface area contributed by atoms with E-state index in [4.69, 9.17) is 15.7 Å². The molecule has 27 heavy (non-hydrogen) atoms. The molecule has 0 spiro atoms. The molecule has 0 saturated heterocycles.